The lowest BCUT2D eigenvalue weighted by molar-refractivity contribution is -0.129. The van der Waals surface area contributed by atoms with Crippen molar-refractivity contribution in [3.8, 4) is 5.75 Å². The molecule has 3 rings (SSSR count). The van der Waals surface area contributed by atoms with Crippen molar-refractivity contribution in [2.45, 2.75) is 65.0 Å². The Bertz CT molecular complexity index is 1200. The summed E-state index contributed by atoms with van der Waals surface area (Å²) < 4.78 is 18.5. The topological polar surface area (TPSA) is 100 Å². The first-order valence-electron chi connectivity index (χ1n) is 12.2. The number of carbonyl (C=O) groups excluding carboxylic acids is 3. The Morgan fingerprint density at radius 2 is 1.81 bits per heavy atom. The van der Waals surface area contributed by atoms with Crippen LogP contribution >= 0.6 is 0 Å². The summed E-state index contributed by atoms with van der Waals surface area (Å²) in [5.41, 5.74) is 3.41. The lowest BCUT2D eigenvalue weighted by Gasteiger charge is -2.19. The molecule has 0 bridgehead atoms. The molecule has 1 heterocycles. The van der Waals surface area contributed by atoms with Crippen molar-refractivity contribution in [2.24, 2.45) is 0 Å². The molecule has 1 atom stereocenters. The highest BCUT2D eigenvalue weighted by Gasteiger charge is 2.22. The molecule has 8 heteroatoms. The Hall–Kier alpha value is -3.68. The first-order valence-corrected chi connectivity index (χ1v) is 12.2. The molecular weight excluding hydrogens is 461 g/mol. The Labute approximate surface area is 210 Å². The fourth-order valence-electron chi connectivity index (χ4n) is 4.20. The molecule has 3 N–H and O–H groups in total. The van der Waals surface area contributed by atoms with Crippen LogP contribution in [0.2, 0.25) is 0 Å². The van der Waals surface area contributed by atoms with Crippen LogP contribution in [0.1, 0.15) is 55.8 Å². The van der Waals surface area contributed by atoms with Gasteiger partial charge in [-0.3, -0.25) is 9.59 Å². The molecule has 0 fully saturated rings. The summed E-state index contributed by atoms with van der Waals surface area (Å²) in [6.45, 7) is 3.71. The second-order valence-corrected chi connectivity index (χ2v) is 9.08. The van der Waals surface area contributed by atoms with E-state index in [2.05, 4.69) is 15.6 Å². The number of aryl methyl sites for hydroxylation is 1. The van der Waals surface area contributed by atoms with E-state index in [1.54, 1.807) is 26.2 Å². The zero-order valence-corrected chi connectivity index (χ0v) is 21.1. The van der Waals surface area contributed by atoms with E-state index in [4.69, 9.17) is 4.74 Å². The van der Waals surface area contributed by atoms with Crippen LogP contribution < -0.4 is 15.4 Å². The largest absolute Gasteiger partial charge is 0.497 e. The van der Waals surface area contributed by atoms with Gasteiger partial charge in [0.1, 0.15) is 23.4 Å². The van der Waals surface area contributed by atoms with Gasteiger partial charge >= 0.3 is 0 Å². The van der Waals surface area contributed by atoms with E-state index in [1.165, 1.54) is 12.1 Å². The van der Waals surface area contributed by atoms with Crippen LogP contribution in [0.5, 0.6) is 5.75 Å². The van der Waals surface area contributed by atoms with Crippen molar-refractivity contribution in [3.63, 3.8) is 0 Å². The number of Topliss-reactive ketones (excluding diaryl/α,β-unsaturated/α-hetero) is 1. The highest BCUT2D eigenvalue weighted by molar-refractivity contribution is 5.93. The van der Waals surface area contributed by atoms with Gasteiger partial charge in [-0.2, -0.15) is 0 Å². The highest BCUT2D eigenvalue weighted by Crippen LogP contribution is 2.26. The van der Waals surface area contributed by atoms with Crippen molar-refractivity contribution < 1.29 is 23.5 Å². The molecule has 0 saturated carbocycles. The molecule has 0 aliphatic heterocycles. The van der Waals surface area contributed by atoms with E-state index in [-0.39, 0.29) is 36.4 Å². The van der Waals surface area contributed by atoms with Gasteiger partial charge in [-0.15, -0.1) is 0 Å². The molecule has 192 valence electrons. The Morgan fingerprint density at radius 3 is 2.50 bits per heavy atom. The number of methoxy groups -OCH3 is 1. The van der Waals surface area contributed by atoms with Gasteiger partial charge in [-0.1, -0.05) is 25.0 Å². The lowest BCUT2D eigenvalue weighted by Crippen LogP contribution is -2.47. The van der Waals surface area contributed by atoms with Gasteiger partial charge in [0.2, 0.25) is 11.8 Å². The van der Waals surface area contributed by atoms with Crippen LogP contribution in [0, 0.1) is 12.7 Å². The summed E-state index contributed by atoms with van der Waals surface area (Å²) in [4.78, 5) is 40.5. The minimum absolute atomic E-state index is 0.116. The van der Waals surface area contributed by atoms with Gasteiger partial charge in [-0.25, -0.2) is 4.39 Å². The number of aromatic nitrogens is 1. The maximum Gasteiger partial charge on any atom is 0.242 e. The molecule has 0 spiro atoms. The van der Waals surface area contributed by atoms with E-state index in [9.17, 15) is 18.8 Å². The second-order valence-electron chi connectivity index (χ2n) is 9.08. The van der Waals surface area contributed by atoms with Crippen molar-refractivity contribution >= 4 is 28.5 Å². The van der Waals surface area contributed by atoms with Crippen LogP contribution in [0.15, 0.2) is 42.5 Å². The normalized spacial score (nSPS) is 11.8. The predicted octanol–water partition coefficient (Wildman–Crippen LogP) is 4.51. The number of rotatable bonds is 13. The minimum atomic E-state index is -0.713. The number of nitrogens with one attached hydrogen (secondary N) is 3. The number of unbranched alkanes of at least 4 members (excludes halogenated alkanes) is 2. The number of ether oxygens (including phenoxy) is 1. The first kappa shape index (κ1) is 26.9. The third kappa shape index (κ3) is 7.66. The zero-order valence-electron chi connectivity index (χ0n) is 21.1. The number of benzene rings is 2. The van der Waals surface area contributed by atoms with Crippen LogP contribution in [0.4, 0.5) is 4.39 Å². The van der Waals surface area contributed by atoms with Gasteiger partial charge in [0.25, 0.3) is 0 Å². The summed E-state index contributed by atoms with van der Waals surface area (Å²) >= 11 is 0. The van der Waals surface area contributed by atoms with Gasteiger partial charge in [0.05, 0.1) is 13.5 Å². The minimum Gasteiger partial charge on any atom is -0.497 e. The molecule has 36 heavy (non-hydrogen) atoms. The van der Waals surface area contributed by atoms with Gasteiger partial charge in [0, 0.05) is 29.6 Å². The first-order chi connectivity index (χ1) is 17.3. The predicted molar refractivity (Wildman–Crippen MR) is 137 cm³/mol. The fourth-order valence-corrected chi connectivity index (χ4v) is 4.20. The van der Waals surface area contributed by atoms with E-state index in [0.29, 0.717) is 25.0 Å². The van der Waals surface area contributed by atoms with E-state index < -0.39 is 6.04 Å². The molecule has 3 aromatic rings. The monoisotopic (exact) mass is 495 g/mol. The summed E-state index contributed by atoms with van der Waals surface area (Å²) in [7, 11) is 1.60. The summed E-state index contributed by atoms with van der Waals surface area (Å²) in [6.07, 6.45) is 3.33. The molecule has 0 aliphatic carbocycles. The third-order valence-electron chi connectivity index (χ3n) is 6.22. The van der Waals surface area contributed by atoms with E-state index >= 15 is 0 Å². The van der Waals surface area contributed by atoms with Crippen molar-refractivity contribution in [1.29, 1.82) is 0 Å². The Balaban J connectivity index is 1.66. The van der Waals surface area contributed by atoms with Crippen LogP contribution in [0.25, 0.3) is 10.9 Å². The number of ketones is 1. The van der Waals surface area contributed by atoms with E-state index in [0.717, 1.165) is 40.6 Å². The number of H-pyrrole nitrogens is 1. The molecular formula is C28H34FN3O4. The average molecular weight is 496 g/mol. The van der Waals surface area contributed by atoms with Crippen molar-refractivity contribution in [2.75, 3.05) is 7.11 Å². The maximum atomic E-state index is 13.2. The second kappa shape index (κ2) is 12.9. The highest BCUT2D eigenvalue weighted by atomic mass is 19.1. The number of carbonyl (C=O) groups is 3. The number of aromatic amines is 1. The Kier molecular flexibility index (Phi) is 9.61. The Morgan fingerprint density at radius 1 is 1.06 bits per heavy atom. The molecule has 0 saturated heterocycles. The quantitative estimate of drug-likeness (QED) is 0.304. The van der Waals surface area contributed by atoms with Gasteiger partial charge in [-0.05, 0) is 68.1 Å². The molecule has 7 nitrogen and oxygen atoms in total. The number of halogens is 1. The molecule has 0 radical (unpaired) electrons. The number of amides is 2. The number of fused-ring (bicyclic) bond motifs is 1. The smallest absolute Gasteiger partial charge is 0.242 e. The summed E-state index contributed by atoms with van der Waals surface area (Å²) in [5.74, 6) is -0.0515. The molecule has 2 aromatic carbocycles. The van der Waals surface area contributed by atoms with Gasteiger partial charge < -0.3 is 25.1 Å². The SMILES string of the molecule is COc1ccc2[nH]c(C)c(CC(=O)N[C@@H](CCCCCC(C)=O)C(=O)NCc3ccc(F)cc3)c2c1. The number of hydrogen-bond acceptors (Lipinski definition) is 4. The standard InChI is InChI=1S/C28H34FN3O4/c1-18(33)7-5-4-6-8-26(28(35)30-17-20-9-11-21(29)12-10-20)32-27(34)16-23-19(2)31-25-14-13-22(36-3)15-24(23)25/h9-15,26,31H,4-8,16-17H2,1-3H3,(H,30,35)(H,32,34)/t26-/m0/s1. The van der Waals surface area contributed by atoms with Crippen molar-refractivity contribution in [1.82, 2.24) is 15.6 Å². The zero-order chi connectivity index (χ0) is 26.1. The third-order valence-corrected chi connectivity index (χ3v) is 6.22. The molecule has 0 aliphatic rings. The summed E-state index contributed by atoms with van der Waals surface area (Å²) in [6, 6.07) is 10.9. The number of hydrogen-bond donors (Lipinski definition) is 3. The molecule has 1 aromatic heterocycles. The average Bonchev–Trinajstić information content (AvgIpc) is 3.16. The molecule has 0 unspecified atom stereocenters. The van der Waals surface area contributed by atoms with Crippen molar-refractivity contribution in [3.05, 3.63) is 65.1 Å². The van der Waals surface area contributed by atoms with Crippen LogP contribution in [-0.2, 0) is 27.3 Å². The summed E-state index contributed by atoms with van der Waals surface area (Å²) in [5, 5.41) is 6.65. The van der Waals surface area contributed by atoms with Crippen LogP contribution in [0.3, 0.4) is 0 Å². The molecule has 2 amide bonds. The van der Waals surface area contributed by atoms with Gasteiger partial charge in [0.15, 0.2) is 0 Å². The van der Waals surface area contributed by atoms with E-state index in [1.807, 2.05) is 25.1 Å². The lowest BCUT2D eigenvalue weighted by atomic mass is 10.0. The fraction of sp³-hybridized carbons (Fsp3) is 0.393. The maximum absolute atomic E-state index is 13.2. The van der Waals surface area contributed by atoms with Crippen LogP contribution in [-0.4, -0.2) is 35.7 Å².